The summed E-state index contributed by atoms with van der Waals surface area (Å²) in [5.74, 6) is -0.0401. The fourth-order valence-corrected chi connectivity index (χ4v) is 7.14. The lowest BCUT2D eigenvalue weighted by Gasteiger charge is -2.33. The van der Waals surface area contributed by atoms with Crippen molar-refractivity contribution in [3.05, 3.63) is 135 Å². The van der Waals surface area contributed by atoms with Gasteiger partial charge in [-0.1, -0.05) is 24.3 Å². The summed E-state index contributed by atoms with van der Waals surface area (Å²) < 4.78 is 46.9. The molecule has 0 saturated carbocycles. The predicted molar refractivity (Wildman–Crippen MR) is 244 cm³/mol. The number of nitrogens with one attached hydrogen (secondary N) is 3. The van der Waals surface area contributed by atoms with Crippen LogP contribution in [-0.4, -0.2) is 129 Å². The third-order valence-corrected chi connectivity index (χ3v) is 10.2. The van der Waals surface area contributed by atoms with E-state index in [1.807, 2.05) is 38.1 Å². The molecule has 2 aromatic carbocycles. The van der Waals surface area contributed by atoms with Crippen molar-refractivity contribution < 1.29 is 37.6 Å². The van der Waals surface area contributed by atoms with E-state index in [1.54, 1.807) is 75.3 Å². The Kier molecular flexibility index (Phi) is 22.8. The topological polar surface area (TPSA) is 179 Å². The van der Waals surface area contributed by atoms with Crippen molar-refractivity contribution in [2.45, 2.75) is 83.4 Å². The normalized spacial score (nSPS) is 15.6. The summed E-state index contributed by atoms with van der Waals surface area (Å²) in [5.41, 5.74) is 1.25. The Labute approximate surface area is 375 Å². The molecule has 2 aliphatic rings. The number of ether oxygens (including phenoxy) is 6. The predicted octanol–water partition coefficient (Wildman–Crippen LogP) is 5.97. The highest BCUT2D eigenvalue weighted by Gasteiger charge is 2.27. The van der Waals surface area contributed by atoms with Crippen molar-refractivity contribution in [2.24, 2.45) is 0 Å². The number of hydrogen-bond acceptors (Lipinski definition) is 12. The molecule has 2 saturated heterocycles. The number of fused-ring (bicyclic) bond motifs is 1. The SMILES string of the molecule is COC[C@H](C)OC1CCN(C(=O)c2cc(Cc3n[nH]c(=O)c4ccccc34)ccc2F)CC1.COC[C@H](C)OC1CCNCC1.COC[C@H](C)Oc1ccncc1.O=c1cc[nH]cc1. The molecule has 0 unspecified atom stereocenters. The van der Waals surface area contributed by atoms with Gasteiger partial charge in [0.25, 0.3) is 11.5 Å². The van der Waals surface area contributed by atoms with Crippen molar-refractivity contribution in [3.8, 4) is 5.75 Å². The second-order valence-corrected chi connectivity index (χ2v) is 15.6. The van der Waals surface area contributed by atoms with Crippen LogP contribution in [0.25, 0.3) is 10.8 Å². The highest BCUT2D eigenvalue weighted by atomic mass is 19.1. The Balaban J connectivity index is 0.000000234. The number of hydrogen-bond donors (Lipinski definition) is 3. The first-order valence-electron chi connectivity index (χ1n) is 21.7. The monoisotopic (exact) mass is 888 g/mol. The summed E-state index contributed by atoms with van der Waals surface area (Å²) in [5, 5.41) is 11.3. The molecule has 2 fully saturated rings. The maximum absolute atomic E-state index is 14.6. The van der Waals surface area contributed by atoms with Crippen LogP contribution < -0.4 is 21.0 Å². The molecule has 3 N–H and O–H groups in total. The summed E-state index contributed by atoms with van der Waals surface area (Å²) in [6.45, 7) is 11.0. The molecule has 7 rings (SSSR count). The number of benzene rings is 2. The molecule has 348 valence electrons. The number of carbonyl (C=O) groups is 1. The van der Waals surface area contributed by atoms with Gasteiger partial charge in [-0.2, -0.15) is 5.10 Å². The van der Waals surface area contributed by atoms with E-state index < -0.39 is 5.82 Å². The minimum atomic E-state index is -0.546. The van der Waals surface area contributed by atoms with E-state index in [4.69, 9.17) is 28.4 Å². The van der Waals surface area contributed by atoms with Gasteiger partial charge in [-0.05, 0) is 95.4 Å². The molecule has 5 heterocycles. The highest BCUT2D eigenvalue weighted by Crippen LogP contribution is 2.22. The van der Waals surface area contributed by atoms with Crippen molar-refractivity contribution in [1.29, 1.82) is 0 Å². The molecule has 0 spiro atoms. The third kappa shape index (κ3) is 18.0. The number of aromatic amines is 2. The number of rotatable bonds is 15. The first kappa shape index (κ1) is 51.3. The van der Waals surface area contributed by atoms with E-state index >= 15 is 0 Å². The molecule has 3 aromatic heterocycles. The van der Waals surface area contributed by atoms with Crippen molar-refractivity contribution in [2.75, 3.05) is 67.3 Å². The number of H-pyrrole nitrogens is 2. The molecular weight excluding hydrogens is 824 g/mol. The second-order valence-electron chi connectivity index (χ2n) is 15.6. The molecule has 0 radical (unpaired) electrons. The molecule has 15 nitrogen and oxygen atoms in total. The van der Waals surface area contributed by atoms with Crippen LogP contribution in [0.15, 0.2) is 101 Å². The molecule has 5 aromatic rings. The number of nitrogens with zero attached hydrogens (tertiary/aromatic N) is 3. The van der Waals surface area contributed by atoms with Gasteiger partial charge in [-0.3, -0.25) is 19.4 Å². The van der Waals surface area contributed by atoms with Crippen LogP contribution in [0, 0.1) is 5.82 Å². The summed E-state index contributed by atoms with van der Waals surface area (Å²) in [4.78, 5) is 43.7. The molecule has 1 amide bonds. The third-order valence-electron chi connectivity index (χ3n) is 10.2. The summed E-state index contributed by atoms with van der Waals surface area (Å²) in [6, 6.07) is 18.4. The van der Waals surface area contributed by atoms with Gasteiger partial charge in [-0.15, -0.1) is 0 Å². The van der Waals surface area contributed by atoms with Gasteiger partial charge in [0.1, 0.15) is 17.7 Å². The van der Waals surface area contributed by atoms with E-state index in [2.05, 4.69) is 32.4 Å². The highest BCUT2D eigenvalue weighted by molar-refractivity contribution is 5.95. The zero-order chi connectivity index (χ0) is 46.1. The summed E-state index contributed by atoms with van der Waals surface area (Å²) >= 11 is 0. The second kappa shape index (κ2) is 28.4. The van der Waals surface area contributed by atoms with Crippen LogP contribution >= 0.6 is 0 Å². The number of amides is 1. The van der Waals surface area contributed by atoms with Crippen LogP contribution in [0.5, 0.6) is 5.75 Å². The van der Waals surface area contributed by atoms with Crippen LogP contribution in [0.2, 0.25) is 0 Å². The van der Waals surface area contributed by atoms with E-state index in [-0.39, 0.29) is 46.9 Å². The van der Waals surface area contributed by atoms with Crippen molar-refractivity contribution in [1.82, 2.24) is 30.4 Å². The smallest absolute Gasteiger partial charge is 0.272 e. The lowest BCUT2D eigenvalue weighted by molar-refractivity contribution is -0.0582. The Morgan fingerprint density at radius 2 is 1.34 bits per heavy atom. The van der Waals surface area contributed by atoms with Gasteiger partial charge in [0.05, 0.1) is 60.9 Å². The van der Waals surface area contributed by atoms with Gasteiger partial charge in [-0.25, -0.2) is 9.49 Å². The number of pyridine rings is 2. The molecule has 0 aliphatic carbocycles. The minimum Gasteiger partial charge on any atom is -0.488 e. The minimum absolute atomic E-state index is 0.00556. The number of piperidine rings is 2. The maximum atomic E-state index is 14.6. The molecule has 64 heavy (non-hydrogen) atoms. The number of halogens is 1. The van der Waals surface area contributed by atoms with Gasteiger partial charge >= 0.3 is 0 Å². The van der Waals surface area contributed by atoms with Crippen molar-refractivity contribution in [3.63, 3.8) is 0 Å². The van der Waals surface area contributed by atoms with Gasteiger partial charge in [0.2, 0.25) is 0 Å². The standard InChI is InChI=1S/C25H28FN3O4.C9H19NO2.C9H13NO2.C5H5NO/c1-16(15-32-2)33-18-9-11-29(12-10-18)25(31)21-13-17(7-8-22(21)26)14-23-19-5-3-4-6-20(19)24(30)28-27-23;2*1-8(7-11-2)12-9-3-5-10-6-4-9;7-5-1-3-6-4-2-5/h3-8,13,16,18H,9-12,14-15H2,1-2H3,(H,28,30);8-10H,3-7H2,1-2H3;3-6,8H,7H2,1-2H3;1-4H,(H,6,7)/t16-;2*8-;/m000./s1. The van der Waals surface area contributed by atoms with E-state index in [1.165, 1.54) is 18.2 Å². The summed E-state index contributed by atoms with van der Waals surface area (Å²) in [7, 11) is 5.01. The fourth-order valence-electron chi connectivity index (χ4n) is 7.14. The maximum Gasteiger partial charge on any atom is 0.272 e. The number of methoxy groups -OCH3 is 3. The van der Waals surface area contributed by atoms with Crippen LogP contribution in [-0.2, 0) is 30.1 Å². The number of aromatic nitrogens is 4. The first-order valence-corrected chi connectivity index (χ1v) is 21.7. The average Bonchev–Trinajstić information content (AvgIpc) is 3.30. The van der Waals surface area contributed by atoms with Crippen LogP contribution in [0.1, 0.15) is 68.1 Å². The number of likely N-dealkylation sites (tertiary alicyclic amines) is 1. The van der Waals surface area contributed by atoms with Gasteiger partial charge in [0.15, 0.2) is 5.43 Å². The Bertz CT molecular complexity index is 2180. The Morgan fingerprint density at radius 3 is 1.92 bits per heavy atom. The van der Waals surface area contributed by atoms with Crippen LogP contribution in [0.4, 0.5) is 4.39 Å². The van der Waals surface area contributed by atoms with Crippen LogP contribution in [0.3, 0.4) is 0 Å². The lowest BCUT2D eigenvalue weighted by Crippen LogP contribution is -2.42. The van der Waals surface area contributed by atoms with E-state index in [0.717, 1.165) is 42.6 Å². The zero-order valence-electron chi connectivity index (χ0n) is 37.9. The van der Waals surface area contributed by atoms with Crippen molar-refractivity contribution >= 4 is 16.7 Å². The molecule has 0 bridgehead atoms. The lowest BCUT2D eigenvalue weighted by atomic mass is 10.0. The molecular formula is C48H65FN6O9. The molecule has 16 heteroatoms. The number of carbonyl (C=O) groups excluding carboxylic acids is 1. The van der Waals surface area contributed by atoms with E-state index in [9.17, 15) is 18.8 Å². The fraction of sp³-hybridized carbons (Fsp3) is 0.479. The Hall–Kier alpha value is -5.36. The first-order chi connectivity index (χ1) is 31.0. The molecule has 2 aliphatic heterocycles. The quantitative estimate of drug-likeness (QED) is 0.112. The largest absolute Gasteiger partial charge is 0.488 e. The zero-order valence-corrected chi connectivity index (χ0v) is 37.9. The summed E-state index contributed by atoms with van der Waals surface area (Å²) in [6.07, 6.45) is 11.5. The van der Waals surface area contributed by atoms with E-state index in [0.29, 0.717) is 69.4 Å². The Morgan fingerprint density at radius 1 is 0.766 bits per heavy atom. The van der Waals surface area contributed by atoms with Gasteiger partial charge in [0, 0.05) is 83.1 Å². The molecule has 3 atom stereocenters. The van der Waals surface area contributed by atoms with Gasteiger partial charge < -0.3 is 43.6 Å². The average molecular weight is 889 g/mol.